The number of carbonyl (C=O) groups is 2. The zero-order chi connectivity index (χ0) is 16.2. The lowest BCUT2D eigenvalue weighted by atomic mass is 9.67. The molecule has 7 atom stereocenters. The second-order valence-electron chi connectivity index (χ2n) is 7.30. The highest BCUT2D eigenvalue weighted by molar-refractivity contribution is 5.91. The van der Waals surface area contributed by atoms with Gasteiger partial charge in [-0.15, -0.1) is 0 Å². The second kappa shape index (κ2) is 5.08. The van der Waals surface area contributed by atoms with Crippen LogP contribution in [-0.2, 0) is 19.1 Å². The highest BCUT2D eigenvalue weighted by Crippen LogP contribution is 2.57. The van der Waals surface area contributed by atoms with Crippen molar-refractivity contribution in [2.75, 3.05) is 0 Å². The molecule has 2 aliphatic carbocycles. The predicted octanol–water partition coefficient (Wildman–Crippen LogP) is 1.83. The van der Waals surface area contributed by atoms with Crippen LogP contribution in [0.25, 0.3) is 0 Å². The Morgan fingerprint density at radius 3 is 2.77 bits per heavy atom. The summed E-state index contributed by atoms with van der Waals surface area (Å²) in [5, 5.41) is 11.1. The number of ether oxygens (including phenoxy) is 2. The number of esters is 2. The molecule has 1 saturated heterocycles. The van der Waals surface area contributed by atoms with Gasteiger partial charge in [-0.05, 0) is 31.1 Å². The SMILES string of the molecule is C=C1C(=O)O[C@H]2C[C@@H](C)[C@@H]3CC[C@H](OC(C)=O)[C@@]3(C)[C@@H](O)[C@@H]12. The molecular formula is C17H24O5. The van der Waals surface area contributed by atoms with E-state index in [1.807, 2.05) is 6.92 Å². The molecule has 3 rings (SSSR count). The average Bonchev–Trinajstić information content (AvgIpc) is 2.86. The van der Waals surface area contributed by atoms with Crippen LogP contribution < -0.4 is 0 Å². The molecule has 2 saturated carbocycles. The van der Waals surface area contributed by atoms with Gasteiger partial charge in [-0.3, -0.25) is 4.79 Å². The summed E-state index contributed by atoms with van der Waals surface area (Å²) >= 11 is 0. The molecule has 5 heteroatoms. The first kappa shape index (κ1) is 15.5. The number of fused-ring (bicyclic) bond motifs is 2. The quantitative estimate of drug-likeness (QED) is 0.591. The van der Waals surface area contributed by atoms with Crippen LogP contribution in [0.2, 0.25) is 0 Å². The fraction of sp³-hybridized carbons (Fsp3) is 0.765. The lowest BCUT2D eigenvalue weighted by Crippen LogP contribution is -2.49. The van der Waals surface area contributed by atoms with Crippen molar-refractivity contribution < 1.29 is 24.2 Å². The van der Waals surface area contributed by atoms with Crippen molar-refractivity contribution in [2.45, 2.75) is 58.3 Å². The van der Waals surface area contributed by atoms with E-state index in [-0.39, 0.29) is 30.0 Å². The molecule has 0 aromatic heterocycles. The van der Waals surface area contributed by atoms with Crippen LogP contribution in [0, 0.1) is 23.2 Å². The van der Waals surface area contributed by atoms with Crippen molar-refractivity contribution in [1.29, 1.82) is 0 Å². The van der Waals surface area contributed by atoms with Crippen LogP contribution in [0.1, 0.15) is 40.0 Å². The van der Waals surface area contributed by atoms with E-state index >= 15 is 0 Å². The Morgan fingerprint density at radius 1 is 1.45 bits per heavy atom. The third-order valence-electron chi connectivity index (χ3n) is 6.13. The van der Waals surface area contributed by atoms with Crippen LogP contribution in [0.4, 0.5) is 0 Å². The molecule has 0 unspecified atom stereocenters. The first-order valence-electron chi connectivity index (χ1n) is 8.01. The van der Waals surface area contributed by atoms with Gasteiger partial charge in [0.25, 0.3) is 0 Å². The van der Waals surface area contributed by atoms with E-state index in [4.69, 9.17) is 9.47 Å². The molecule has 0 bridgehead atoms. The number of carbonyl (C=O) groups excluding carboxylic acids is 2. The molecule has 3 aliphatic rings. The van der Waals surface area contributed by atoms with E-state index < -0.39 is 23.4 Å². The van der Waals surface area contributed by atoms with E-state index in [1.165, 1.54) is 6.92 Å². The summed E-state index contributed by atoms with van der Waals surface area (Å²) in [5.41, 5.74) is -0.221. The lowest BCUT2D eigenvalue weighted by molar-refractivity contribution is -0.161. The molecule has 0 radical (unpaired) electrons. The summed E-state index contributed by atoms with van der Waals surface area (Å²) in [7, 11) is 0. The van der Waals surface area contributed by atoms with Gasteiger partial charge in [0.1, 0.15) is 12.2 Å². The Labute approximate surface area is 130 Å². The zero-order valence-electron chi connectivity index (χ0n) is 13.4. The standard InChI is InChI=1S/C17H24O5/c1-8-7-12-14(9(2)16(20)22-12)15(19)17(4)11(8)5-6-13(17)21-10(3)18/h8,11-15,19H,2,5-7H2,1,3-4H3/t8-,11+,12+,13+,14+,15+,17+/m1/s1. The molecule has 1 N–H and O–H groups in total. The van der Waals surface area contributed by atoms with E-state index in [1.54, 1.807) is 0 Å². The molecular weight excluding hydrogens is 284 g/mol. The monoisotopic (exact) mass is 308 g/mol. The number of aliphatic hydroxyl groups is 1. The molecule has 1 aliphatic heterocycles. The van der Waals surface area contributed by atoms with Crippen molar-refractivity contribution in [3.05, 3.63) is 12.2 Å². The molecule has 3 fully saturated rings. The maximum atomic E-state index is 11.8. The van der Waals surface area contributed by atoms with E-state index in [9.17, 15) is 14.7 Å². The first-order valence-corrected chi connectivity index (χ1v) is 8.01. The van der Waals surface area contributed by atoms with Gasteiger partial charge < -0.3 is 14.6 Å². The van der Waals surface area contributed by atoms with Crippen molar-refractivity contribution in [3.8, 4) is 0 Å². The van der Waals surface area contributed by atoms with Crippen LogP contribution >= 0.6 is 0 Å². The fourth-order valence-electron chi connectivity index (χ4n) is 5.04. The second-order valence-corrected chi connectivity index (χ2v) is 7.30. The molecule has 0 aromatic carbocycles. The largest absolute Gasteiger partial charge is 0.462 e. The summed E-state index contributed by atoms with van der Waals surface area (Å²) in [6.45, 7) is 9.33. The van der Waals surface area contributed by atoms with Crippen LogP contribution in [0.5, 0.6) is 0 Å². The van der Waals surface area contributed by atoms with Gasteiger partial charge in [-0.2, -0.15) is 0 Å². The third-order valence-corrected chi connectivity index (χ3v) is 6.13. The predicted molar refractivity (Wildman–Crippen MR) is 78.7 cm³/mol. The fourth-order valence-corrected chi connectivity index (χ4v) is 5.04. The van der Waals surface area contributed by atoms with Gasteiger partial charge in [-0.1, -0.05) is 20.4 Å². The minimum atomic E-state index is -0.793. The number of aliphatic hydroxyl groups excluding tert-OH is 1. The summed E-state index contributed by atoms with van der Waals surface area (Å²) in [6, 6.07) is 0. The molecule has 0 amide bonds. The van der Waals surface area contributed by atoms with Crippen molar-refractivity contribution in [3.63, 3.8) is 0 Å². The Hall–Kier alpha value is -1.36. The van der Waals surface area contributed by atoms with Crippen molar-refractivity contribution in [1.82, 2.24) is 0 Å². The summed E-state index contributed by atoms with van der Waals surface area (Å²) in [4.78, 5) is 23.3. The summed E-state index contributed by atoms with van der Waals surface area (Å²) in [6.07, 6.45) is 0.950. The summed E-state index contributed by atoms with van der Waals surface area (Å²) in [5.74, 6) is -0.616. The zero-order valence-corrected chi connectivity index (χ0v) is 13.4. The van der Waals surface area contributed by atoms with Crippen LogP contribution in [0.3, 0.4) is 0 Å². The van der Waals surface area contributed by atoms with Gasteiger partial charge in [0.2, 0.25) is 0 Å². The molecule has 0 aromatic rings. The maximum Gasteiger partial charge on any atom is 0.334 e. The van der Waals surface area contributed by atoms with Crippen molar-refractivity contribution in [2.24, 2.45) is 23.2 Å². The number of rotatable bonds is 1. The van der Waals surface area contributed by atoms with E-state index in [2.05, 4.69) is 13.5 Å². The average molecular weight is 308 g/mol. The Kier molecular flexibility index (Phi) is 3.59. The topological polar surface area (TPSA) is 72.8 Å². The van der Waals surface area contributed by atoms with Crippen molar-refractivity contribution >= 4 is 11.9 Å². The Balaban J connectivity index is 2.00. The van der Waals surface area contributed by atoms with E-state index in [0.717, 1.165) is 19.3 Å². The minimum Gasteiger partial charge on any atom is -0.462 e. The van der Waals surface area contributed by atoms with Crippen LogP contribution in [-0.4, -0.2) is 35.4 Å². The van der Waals surface area contributed by atoms with E-state index in [0.29, 0.717) is 5.57 Å². The van der Waals surface area contributed by atoms with Gasteiger partial charge in [0.15, 0.2) is 0 Å². The normalized spacial score (nSPS) is 47.5. The maximum absolute atomic E-state index is 11.8. The minimum absolute atomic E-state index is 0.240. The van der Waals surface area contributed by atoms with Gasteiger partial charge >= 0.3 is 11.9 Å². The molecule has 122 valence electrons. The smallest absolute Gasteiger partial charge is 0.334 e. The Bertz CT molecular complexity index is 527. The highest BCUT2D eigenvalue weighted by Gasteiger charge is 2.62. The highest BCUT2D eigenvalue weighted by atomic mass is 16.6. The third kappa shape index (κ3) is 2.02. The van der Waals surface area contributed by atoms with Crippen LogP contribution in [0.15, 0.2) is 12.2 Å². The van der Waals surface area contributed by atoms with Gasteiger partial charge in [0, 0.05) is 17.9 Å². The molecule has 5 nitrogen and oxygen atoms in total. The summed E-state index contributed by atoms with van der Waals surface area (Å²) < 4.78 is 10.9. The number of hydrogen-bond acceptors (Lipinski definition) is 5. The van der Waals surface area contributed by atoms with Gasteiger partial charge in [0.05, 0.1) is 12.0 Å². The lowest BCUT2D eigenvalue weighted by Gasteiger charge is -2.42. The number of hydrogen-bond donors (Lipinski definition) is 1. The Morgan fingerprint density at radius 2 is 2.14 bits per heavy atom. The molecule has 0 spiro atoms. The van der Waals surface area contributed by atoms with Gasteiger partial charge in [-0.25, -0.2) is 4.79 Å². The first-order chi connectivity index (χ1) is 10.3. The molecule has 22 heavy (non-hydrogen) atoms. The molecule has 1 heterocycles.